The van der Waals surface area contributed by atoms with Crippen molar-refractivity contribution in [1.29, 1.82) is 0 Å². The van der Waals surface area contributed by atoms with Crippen LogP contribution >= 0.6 is 0 Å². The number of pyridine rings is 1. The van der Waals surface area contributed by atoms with Gasteiger partial charge in [0.15, 0.2) is 12.4 Å². The summed E-state index contributed by atoms with van der Waals surface area (Å²) in [6.45, 7) is 5.29. The molecule has 1 aromatic rings. The third-order valence-corrected chi connectivity index (χ3v) is 1.42. The first kappa shape index (κ1) is 9.44. The lowest BCUT2D eigenvalue weighted by Crippen LogP contribution is -3.00. The molecule has 2 heteroatoms. The third-order valence-electron chi connectivity index (χ3n) is 1.42. The number of hydrogen-bond donors (Lipinski definition) is 0. The van der Waals surface area contributed by atoms with Gasteiger partial charge in [0, 0.05) is 12.1 Å². The number of aromatic nitrogens is 1. The maximum atomic E-state index is 2.15. The monoisotopic (exact) mass is 157 g/mol. The Balaban J connectivity index is 0.000000810. The van der Waals surface area contributed by atoms with Gasteiger partial charge >= 0.3 is 0 Å². The summed E-state index contributed by atoms with van der Waals surface area (Å²) in [6, 6.07) is 4.23. The van der Waals surface area contributed by atoms with Crippen LogP contribution in [-0.4, -0.2) is 0 Å². The summed E-state index contributed by atoms with van der Waals surface area (Å²) in [5.41, 5.74) is 1.32. The van der Waals surface area contributed by atoms with E-state index in [1.807, 2.05) is 0 Å². The van der Waals surface area contributed by atoms with Gasteiger partial charge < -0.3 is 12.4 Å². The zero-order valence-corrected chi connectivity index (χ0v) is 7.10. The molecule has 0 aromatic carbocycles. The van der Waals surface area contributed by atoms with E-state index in [0.29, 0.717) is 0 Å². The van der Waals surface area contributed by atoms with E-state index in [1.54, 1.807) is 0 Å². The van der Waals surface area contributed by atoms with Crippen molar-refractivity contribution in [1.82, 2.24) is 0 Å². The number of nitrogens with zero attached hydrogens (tertiary/aromatic N) is 1. The molecule has 0 radical (unpaired) electrons. The summed E-state index contributed by atoms with van der Waals surface area (Å²) in [7, 11) is 0. The molecule has 0 N–H and O–H groups in total. The van der Waals surface area contributed by atoms with Gasteiger partial charge in [-0.1, -0.05) is 0 Å². The van der Waals surface area contributed by atoms with Crippen LogP contribution in [0.15, 0.2) is 24.5 Å². The molecule has 0 atom stereocenters. The lowest BCUT2D eigenvalue weighted by Gasteiger charge is -1.89. The lowest BCUT2D eigenvalue weighted by molar-refractivity contribution is -0.693. The number of halogens is 1. The first-order valence-electron chi connectivity index (χ1n) is 3.28. The molecule has 0 bridgehead atoms. The van der Waals surface area contributed by atoms with Gasteiger partial charge in [-0.3, -0.25) is 0 Å². The minimum atomic E-state index is 0. The summed E-state index contributed by atoms with van der Waals surface area (Å²) in [4.78, 5) is 0. The Hall–Kier alpha value is -0.560. The Bertz CT molecular complexity index is 181. The molecule has 1 nitrogen and oxygen atoms in total. The van der Waals surface area contributed by atoms with E-state index < -0.39 is 0 Å². The molecule has 0 unspecified atom stereocenters. The Kier molecular flexibility index (Phi) is 4.05. The predicted octanol–water partition coefficient (Wildman–Crippen LogP) is -1.69. The number of rotatable bonds is 1. The molecule has 10 heavy (non-hydrogen) atoms. The summed E-state index contributed by atoms with van der Waals surface area (Å²) >= 11 is 0. The van der Waals surface area contributed by atoms with E-state index >= 15 is 0 Å². The molecule has 1 aromatic heterocycles. The highest BCUT2D eigenvalue weighted by atomic mass is 35.5. The van der Waals surface area contributed by atoms with Crippen molar-refractivity contribution >= 4 is 0 Å². The van der Waals surface area contributed by atoms with Crippen LogP contribution in [-0.2, 0) is 6.54 Å². The second-order valence-electron chi connectivity index (χ2n) is 2.21. The van der Waals surface area contributed by atoms with Gasteiger partial charge in [0.2, 0.25) is 0 Å². The maximum absolute atomic E-state index is 2.15. The quantitative estimate of drug-likeness (QED) is 0.429. The van der Waals surface area contributed by atoms with Gasteiger partial charge in [0.25, 0.3) is 0 Å². The van der Waals surface area contributed by atoms with E-state index in [-0.39, 0.29) is 12.4 Å². The van der Waals surface area contributed by atoms with Crippen molar-refractivity contribution in [3.63, 3.8) is 0 Å². The fourth-order valence-corrected chi connectivity index (χ4v) is 0.743. The molecule has 0 spiro atoms. The van der Waals surface area contributed by atoms with Crippen molar-refractivity contribution in [3.8, 4) is 0 Å². The maximum Gasteiger partial charge on any atom is 0.169 e. The van der Waals surface area contributed by atoms with Crippen LogP contribution < -0.4 is 17.0 Å². The Morgan fingerprint density at radius 2 is 1.80 bits per heavy atom. The summed E-state index contributed by atoms with van der Waals surface area (Å²) in [5, 5.41) is 0. The van der Waals surface area contributed by atoms with Gasteiger partial charge in [-0.2, -0.15) is 0 Å². The molecule has 0 aliphatic heterocycles. The van der Waals surface area contributed by atoms with E-state index in [2.05, 4.69) is 42.9 Å². The van der Waals surface area contributed by atoms with Crippen molar-refractivity contribution in [3.05, 3.63) is 30.1 Å². The third kappa shape index (κ3) is 2.36. The predicted molar refractivity (Wildman–Crippen MR) is 37.0 cm³/mol. The van der Waals surface area contributed by atoms with Crippen molar-refractivity contribution in [2.75, 3.05) is 0 Å². The molecular weight excluding hydrogens is 146 g/mol. The normalized spacial score (nSPS) is 8.60. The molecule has 0 saturated carbocycles. The fourth-order valence-electron chi connectivity index (χ4n) is 0.743. The number of hydrogen-bond acceptors (Lipinski definition) is 0. The van der Waals surface area contributed by atoms with Crippen molar-refractivity contribution in [2.45, 2.75) is 20.4 Å². The first-order valence-corrected chi connectivity index (χ1v) is 3.28. The van der Waals surface area contributed by atoms with Gasteiger partial charge in [-0.15, -0.1) is 0 Å². The van der Waals surface area contributed by atoms with Crippen LogP contribution in [0.5, 0.6) is 0 Å². The molecule has 1 rings (SSSR count). The highest BCUT2D eigenvalue weighted by Gasteiger charge is 1.90. The second-order valence-corrected chi connectivity index (χ2v) is 2.21. The fraction of sp³-hybridized carbons (Fsp3) is 0.375. The highest BCUT2D eigenvalue weighted by molar-refractivity contribution is 5.02. The van der Waals surface area contributed by atoms with Crippen LogP contribution in [0, 0.1) is 6.92 Å². The minimum absolute atomic E-state index is 0. The molecule has 0 fully saturated rings. The average molecular weight is 158 g/mol. The topological polar surface area (TPSA) is 3.88 Å². The largest absolute Gasteiger partial charge is 1.00 e. The molecule has 0 aliphatic rings. The highest BCUT2D eigenvalue weighted by Crippen LogP contribution is 1.88. The zero-order chi connectivity index (χ0) is 6.69. The molecular formula is C8H12ClN. The van der Waals surface area contributed by atoms with Crippen LogP contribution in [0.25, 0.3) is 0 Å². The van der Waals surface area contributed by atoms with Crippen LogP contribution in [0.3, 0.4) is 0 Å². The van der Waals surface area contributed by atoms with E-state index in [4.69, 9.17) is 0 Å². The second kappa shape index (κ2) is 4.29. The van der Waals surface area contributed by atoms with Gasteiger partial charge in [0.05, 0.1) is 0 Å². The summed E-state index contributed by atoms with van der Waals surface area (Å²) < 4.78 is 2.15. The average Bonchev–Trinajstić information content (AvgIpc) is 1.90. The Morgan fingerprint density at radius 1 is 1.30 bits per heavy atom. The van der Waals surface area contributed by atoms with Gasteiger partial charge in [0.1, 0.15) is 6.54 Å². The molecule has 1 heterocycles. The van der Waals surface area contributed by atoms with Crippen LogP contribution in [0.2, 0.25) is 0 Å². The summed E-state index contributed by atoms with van der Waals surface area (Å²) in [5.74, 6) is 0. The number of aryl methyl sites for hydroxylation is 2. The van der Waals surface area contributed by atoms with Crippen LogP contribution in [0.1, 0.15) is 12.5 Å². The zero-order valence-electron chi connectivity index (χ0n) is 6.34. The van der Waals surface area contributed by atoms with Crippen LogP contribution in [0.4, 0.5) is 0 Å². The van der Waals surface area contributed by atoms with E-state index in [0.717, 1.165) is 6.54 Å². The smallest absolute Gasteiger partial charge is 0.169 e. The SMILES string of the molecule is CC[n+]1ccc(C)cc1.[Cl-]. The molecule has 0 saturated heterocycles. The lowest BCUT2D eigenvalue weighted by atomic mass is 10.3. The van der Waals surface area contributed by atoms with Crippen molar-refractivity contribution in [2.24, 2.45) is 0 Å². The molecule has 56 valence electrons. The van der Waals surface area contributed by atoms with E-state index in [9.17, 15) is 0 Å². The van der Waals surface area contributed by atoms with Crippen molar-refractivity contribution < 1.29 is 17.0 Å². The van der Waals surface area contributed by atoms with E-state index in [1.165, 1.54) is 5.56 Å². The first-order chi connectivity index (χ1) is 4.33. The van der Waals surface area contributed by atoms with Gasteiger partial charge in [-0.25, -0.2) is 4.57 Å². The standard InChI is InChI=1S/C8H12N.ClH/c1-3-9-6-4-8(2)5-7-9;/h4-7H,3H2,1-2H3;1H/q+1;/p-1. The molecule has 0 amide bonds. The molecule has 0 aliphatic carbocycles. The minimum Gasteiger partial charge on any atom is -1.00 e. The Morgan fingerprint density at radius 3 is 2.20 bits per heavy atom. The van der Waals surface area contributed by atoms with Gasteiger partial charge in [-0.05, 0) is 19.4 Å². The summed E-state index contributed by atoms with van der Waals surface area (Å²) in [6.07, 6.45) is 4.19. The Labute approximate surface area is 68.1 Å².